The molecular formula is C26H19N3. The Morgan fingerprint density at radius 1 is 0.828 bits per heavy atom. The average Bonchev–Trinajstić information content (AvgIpc) is 3.23. The molecular weight excluding hydrogens is 354 g/mol. The van der Waals surface area contributed by atoms with Gasteiger partial charge in [-0.05, 0) is 40.1 Å². The molecule has 0 bridgehead atoms. The maximum Gasteiger partial charge on any atom is 0.103 e. The van der Waals surface area contributed by atoms with Crippen molar-refractivity contribution in [2.75, 3.05) is 0 Å². The van der Waals surface area contributed by atoms with Crippen LogP contribution in [-0.2, 0) is 0 Å². The van der Waals surface area contributed by atoms with Crippen molar-refractivity contribution in [3.63, 3.8) is 0 Å². The summed E-state index contributed by atoms with van der Waals surface area (Å²) in [6.07, 6.45) is 10.8. The minimum atomic E-state index is 0.111. The minimum Gasteiger partial charge on any atom is -0.360 e. The molecule has 4 aromatic rings. The smallest absolute Gasteiger partial charge is 0.103 e. The first-order valence-corrected chi connectivity index (χ1v) is 9.85. The van der Waals surface area contributed by atoms with Crippen LogP contribution in [-0.4, -0.2) is 9.88 Å². The molecule has 0 fully saturated rings. The maximum absolute atomic E-state index is 4.95. The molecule has 3 heteroatoms. The van der Waals surface area contributed by atoms with E-state index in [4.69, 9.17) is 4.99 Å². The fraction of sp³-hybridized carbons (Fsp3) is 0.0385. The molecule has 1 aromatic heterocycles. The summed E-state index contributed by atoms with van der Waals surface area (Å²) in [6.45, 7) is 0. The van der Waals surface area contributed by atoms with E-state index < -0.39 is 0 Å². The van der Waals surface area contributed by atoms with Crippen LogP contribution in [0.25, 0.3) is 28.7 Å². The lowest BCUT2D eigenvalue weighted by molar-refractivity contribution is 0.480. The van der Waals surface area contributed by atoms with Crippen molar-refractivity contribution in [1.29, 1.82) is 0 Å². The van der Waals surface area contributed by atoms with Crippen LogP contribution in [0.4, 0.5) is 0 Å². The van der Waals surface area contributed by atoms with E-state index >= 15 is 0 Å². The number of fused-ring (bicyclic) bond motifs is 1. The Hall–Kier alpha value is -3.85. The zero-order valence-electron chi connectivity index (χ0n) is 15.8. The highest BCUT2D eigenvalue weighted by molar-refractivity contribution is 5.95. The Kier molecular flexibility index (Phi) is 3.53. The van der Waals surface area contributed by atoms with E-state index in [2.05, 4.69) is 95.1 Å². The zero-order chi connectivity index (χ0) is 19.2. The molecule has 0 amide bonds. The van der Waals surface area contributed by atoms with E-state index in [-0.39, 0.29) is 6.04 Å². The van der Waals surface area contributed by atoms with Crippen LogP contribution in [0.1, 0.15) is 22.9 Å². The Balaban J connectivity index is 1.58. The molecule has 3 nitrogen and oxygen atoms in total. The second kappa shape index (κ2) is 6.35. The van der Waals surface area contributed by atoms with E-state index in [0.29, 0.717) is 0 Å². The van der Waals surface area contributed by atoms with Crippen molar-refractivity contribution in [1.82, 2.24) is 9.88 Å². The predicted octanol–water partition coefficient (Wildman–Crippen LogP) is 4.61. The summed E-state index contributed by atoms with van der Waals surface area (Å²) in [5.74, 6) is 0. The Morgan fingerprint density at radius 3 is 2.62 bits per heavy atom. The van der Waals surface area contributed by atoms with Gasteiger partial charge >= 0.3 is 0 Å². The Labute approximate surface area is 168 Å². The minimum absolute atomic E-state index is 0.111. The summed E-state index contributed by atoms with van der Waals surface area (Å²) in [6, 6.07) is 25.6. The molecule has 1 aliphatic carbocycles. The summed E-state index contributed by atoms with van der Waals surface area (Å²) in [7, 11) is 0. The van der Waals surface area contributed by atoms with Crippen molar-refractivity contribution < 1.29 is 0 Å². The van der Waals surface area contributed by atoms with Crippen molar-refractivity contribution in [3.8, 4) is 0 Å². The highest BCUT2D eigenvalue weighted by Crippen LogP contribution is 2.37. The van der Waals surface area contributed by atoms with Gasteiger partial charge in [-0.2, -0.15) is 0 Å². The lowest BCUT2D eigenvalue weighted by Crippen LogP contribution is -2.27. The molecule has 6 rings (SSSR count). The molecule has 1 unspecified atom stereocenters. The third-order valence-electron chi connectivity index (χ3n) is 5.68. The quantitative estimate of drug-likeness (QED) is 0.547. The number of benzene rings is 3. The summed E-state index contributed by atoms with van der Waals surface area (Å²) in [5.41, 5.74) is 4.54. The van der Waals surface area contributed by atoms with Crippen LogP contribution < -0.4 is 10.6 Å². The monoisotopic (exact) mass is 373 g/mol. The predicted molar refractivity (Wildman–Crippen MR) is 118 cm³/mol. The van der Waals surface area contributed by atoms with E-state index in [1.165, 1.54) is 21.9 Å². The van der Waals surface area contributed by atoms with E-state index in [0.717, 1.165) is 22.0 Å². The maximum atomic E-state index is 4.95. The first kappa shape index (κ1) is 16.1. The highest BCUT2D eigenvalue weighted by Gasteiger charge is 2.22. The van der Waals surface area contributed by atoms with Gasteiger partial charge in [0.15, 0.2) is 0 Å². The topological polar surface area (TPSA) is 31.4 Å². The standard InChI is InChI=1S/C26H19N3/c1-2-11-22-20(6-1)16-29(17-24(28-22)23-12-5-15-27-23)25-14-13-19-8-3-7-18-9-4-10-21(25)26(18)19/h1-17,25,27H. The number of hydrogen-bond donors (Lipinski definition) is 1. The van der Waals surface area contributed by atoms with Crippen LogP contribution in [0, 0.1) is 0 Å². The van der Waals surface area contributed by atoms with Gasteiger partial charge in [0.2, 0.25) is 0 Å². The molecule has 2 heterocycles. The average molecular weight is 373 g/mol. The van der Waals surface area contributed by atoms with Gasteiger partial charge in [-0.1, -0.05) is 66.7 Å². The number of aromatic amines is 1. The van der Waals surface area contributed by atoms with Gasteiger partial charge in [-0.15, -0.1) is 0 Å². The number of rotatable bonds is 2. The largest absolute Gasteiger partial charge is 0.360 e. The van der Waals surface area contributed by atoms with Crippen LogP contribution in [0.2, 0.25) is 0 Å². The normalized spacial score (nSPS) is 17.2. The summed E-state index contributed by atoms with van der Waals surface area (Å²) >= 11 is 0. The summed E-state index contributed by atoms with van der Waals surface area (Å²) in [4.78, 5) is 10.5. The lowest BCUT2D eigenvalue weighted by Gasteiger charge is -2.29. The van der Waals surface area contributed by atoms with E-state index in [9.17, 15) is 0 Å². The molecule has 138 valence electrons. The van der Waals surface area contributed by atoms with Crippen molar-refractivity contribution in [2.24, 2.45) is 4.99 Å². The zero-order valence-corrected chi connectivity index (χ0v) is 15.8. The summed E-state index contributed by atoms with van der Waals surface area (Å²) in [5, 5.41) is 4.71. The van der Waals surface area contributed by atoms with Gasteiger partial charge in [0.05, 0.1) is 17.1 Å². The molecule has 0 spiro atoms. The summed E-state index contributed by atoms with van der Waals surface area (Å²) < 4.78 is 0. The van der Waals surface area contributed by atoms with Gasteiger partial charge in [0.1, 0.15) is 5.70 Å². The molecule has 1 N–H and O–H groups in total. The fourth-order valence-corrected chi connectivity index (χ4v) is 4.32. The Morgan fingerprint density at radius 2 is 1.72 bits per heavy atom. The number of nitrogens with zero attached hydrogens (tertiary/aromatic N) is 2. The van der Waals surface area contributed by atoms with Crippen LogP contribution >= 0.6 is 0 Å². The van der Waals surface area contributed by atoms with Gasteiger partial charge in [0, 0.05) is 23.8 Å². The second-order valence-electron chi connectivity index (χ2n) is 7.44. The molecule has 0 saturated carbocycles. The fourth-order valence-electron chi connectivity index (χ4n) is 4.32. The molecule has 29 heavy (non-hydrogen) atoms. The van der Waals surface area contributed by atoms with Gasteiger partial charge in [-0.25, -0.2) is 4.99 Å². The number of hydrogen-bond acceptors (Lipinski definition) is 2. The third kappa shape index (κ3) is 2.63. The van der Waals surface area contributed by atoms with Crippen molar-refractivity contribution in [2.45, 2.75) is 6.04 Å². The van der Waals surface area contributed by atoms with Gasteiger partial charge in [0.25, 0.3) is 0 Å². The molecule has 1 aliphatic heterocycles. The number of nitrogens with one attached hydrogen (secondary N) is 1. The molecule has 1 atom stereocenters. The Bertz CT molecular complexity index is 1400. The number of para-hydroxylation sites is 1. The van der Waals surface area contributed by atoms with E-state index in [1.807, 2.05) is 18.3 Å². The van der Waals surface area contributed by atoms with E-state index in [1.54, 1.807) is 0 Å². The van der Waals surface area contributed by atoms with Crippen LogP contribution in [0.15, 0.2) is 96.3 Å². The molecule has 3 aromatic carbocycles. The molecule has 0 radical (unpaired) electrons. The number of H-pyrrole nitrogens is 1. The number of aromatic nitrogens is 1. The first-order valence-electron chi connectivity index (χ1n) is 9.85. The highest BCUT2D eigenvalue weighted by atomic mass is 15.1. The molecule has 2 aliphatic rings. The first-order chi connectivity index (χ1) is 14.4. The third-order valence-corrected chi connectivity index (χ3v) is 5.68. The van der Waals surface area contributed by atoms with Crippen LogP contribution in [0.3, 0.4) is 0 Å². The SMILES string of the molecule is C1=CC(N2C=C(c3ccc[nH]3)N=c3ccccc3=C2)c2cccc3cccc1c23. The van der Waals surface area contributed by atoms with Gasteiger partial charge < -0.3 is 9.88 Å². The van der Waals surface area contributed by atoms with Crippen molar-refractivity contribution >= 4 is 28.7 Å². The lowest BCUT2D eigenvalue weighted by atomic mass is 9.89. The second-order valence-corrected chi connectivity index (χ2v) is 7.44. The molecule has 0 saturated heterocycles. The van der Waals surface area contributed by atoms with Gasteiger partial charge in [-0.3, -0.25) is 0 Å². The van der Waals surface area contributed by atoms with Crippen molar-refractivity contribution in [3.05, 3.63) is 119 Å². The van der Waals surface area contributed by atoms with Crippen LogP contribution in [0.5, 0.6) is 0 Å².